The zero-order valence-corrected chi connectivity index (χ0v) is 10.8. The van der Waals surface area contributed by atoms with E-state index in [4.69, 9.17) is 15.9 Å². The van der Waals surface area contributed by atoms with Gasteiger partial charge in [0.15, 0.2) is 10.8 Å². The van der Waals surface area contributed by atoms with Gasteiger partial charge in [0.25, 0.3) is 9.05 Å². The molecule has 0 saturated heterocycles. The Morgan fingerprint density at radius 2 is 2.17 bits per heavy atom. The van der Waals surface area contributed by atoms with Gasteiger partial charge in [0.1, 0.15) is 11.6 Å². The lowest BCUT2D eigenvalue weighted by Crippen LogP contribution is -2.07. The third kappa shape index (κ3) is 2.08. The van der Waals surface area contributed by atoms with Crippen LogP contribution in [0.2, 0.25) is 0 Å². The summed E-state index contributed by atoms with van der Waals surface area (Å²) in [5.41, 5.74) is 0.207. The largest absolute Gasteiger partial charge is 0.280 e. The molecule has 0 bridgehead atoms. The average Bonchev–Trinajstić information content (AvgIpc) is 2.67. The van der Waals surface area contributed by atoms with Crippen molar-refractivity contribution in [1.82, 2.24) is 14.8 Å². The standard InChI is InChI=1S/C10H7ClN4O2S/c1-7-8(6-12)10(18(11,16)17)15(14-7)9-4-2-3-5-13-9/h2-5H,1H3. The highest BCUT2D eigenvalue weighted by Gasteiger charge is 2.26. The van der Waals surface area contributed by atoms with Crippen LogP contribution in [0.3, 0.4) is 0 Å². The Labute approximate surface area is 108 Å². The lowest BCUT2D eigenvalue weighted by atomic mass is 10.3. The molecule has 2 rings (SSSR count). The van der Waals surface area contributed by atoms with Crippen LogP contribution in [0.1, 0.15) is 11.3 Å². The number of aryl methyl sites for hydroxylation is 1. The molecule has 0 aliphatic heterocycles. The summed E-state index contributed by atoms with van der Waals surface area (Å²) < 4.78 is 24.1. The van der Waals surface area contributed by atoms with E-state index in [9.17, 15) is 8.42 Å². The number of hydrogen-bond donors (Lipinski definition) is 0. The molecule has 2 aromatic heterocycles. The lowest BCUT2D eigenvalue weighted by Gasteiger charge is -2.03. The first-order chi connectivity index (χ1) is 8.45. The second kappa shape index (κ2) is 4.40. The summed E-state index contributed by atoms with van der Waals surface area (Å²) in [5, 5.41) is 12.6. The topological polar surface area (TPSA) is 88.6 Å². The summed E-state index contributed by atoms with van der Waals surface area (Å²) in [6, 6.07) is 6.71. The molecule has 0 fully saturated rings. The predicted octanol–water partition coefficient (Wildman–Crippen LogP) is 1.37. The number of hydrogen-bond acceptors (Lipinski definition) is 5. The summed E-state index contributed by atoms with van der Waals surface area (Å²) in [4.78, 5) is 3.98. The zero-order valence-electron chi connectivity index (χ0n) is 9.20. The van der Waals surface area contributed by atoms with E-state index in [2.05, 4.69) is 10.1 Å². The molecule has 0 aliphatic carbocycles. The molecule has 0 saturated carbocycles. The van der Waals surface area contributed by atoms with Crippen molar-refractivity contribution in [2.24, 2.45) is 0 Å². The van der Waals surface area contributed by atoms with Crippen molar-refractivity contribution >= 4 is 19.7 Å². The van der Waals surface area contributed by atoms with E-state index < -0.39 is 9.05 Å². The third-order valence-electron chi connectivity index (χ3n) is 2.23. The molecular formula is C10H7ClN4O2S. The maximum Gasteiger partial charge on any atom is 0.280 e. The van der Waals surface area contributed by atoms with E-state index in [1.165, 1.54) is 13.1 Å². The van der Waals surface area contributed by atoms with Crippen molar-refractivity contribution in [3.05, 3.63) is 35.7 Å². The second-order valence-corrected chi connectivity index (χ2v) is 5.90. The zero-order chi connectivity index (χ0) is 13.3. The molecule has 0 aromatic carbocycles. The Kier molecular flexibility index (Phi) is 3.07. The molecule has 6 nitrogen and oxygen atoms in total. The maximum absolute atomic E-state index is 11.5. The first-order valence-corrected chi connectivity index (χ1v) is 7.12. The van der Waals surface area contributed by atoms with Crippen molar-refractivity contribution in [2.45, 2.75) is 11.9 Å². The molecule has 0 aliphatic rings. The van der Waals surface area contributed by atoms with Crippen LogP contribution in [0.5, 0.6) is 0 Å². The molecule has 2 aromatic rings. The summed E-state index contributed by atoms with van der Waals surface area (Å²) in [7, 11) is 1.25. The molecule has 0 spiro atoms. The number of aromatic nitrogens is 3. The van der Waals surface area contributed by atoms with Crippen LogP contribution >= 0.6 is 10.7 Å². The van der Waals surface area contributed by atoms with E-state index in [1.807, 2.05) is 0 Å². The molecular weight excluding hydrogens is 276 g/mol. The normalized spacial score (nSPS) is 11.2. The van der Waals surface area contributed by atoms with Gasteiger partial charge in [0.05, 0.1) is 5.69 Å². The van der Waals surface area contributed by atoms with Gasteiger partial charge < -0.3 is 0 Å². The van der Waals surface area contributed by atoms with Crippen molar-refractivity contribution in [3.63, 3.8) is 0 Å². The van der Waals surface area contributed by atoms with E-state index in [1.54, 1.807) is 24.3 Å². The van der Waals surface area contributed by atoms with Crippen LogP contribution in [0.15, 0.2) is 29.4 Å². The van der Waals surface area contributed by atoms with Crippen LogP contribution < -0.4 is 0 Å². The van der Waals surface area contributed by atoms with Crippen LogP contribution in [0, 0.1) is 18.3 Å². The Balaban J connectivity index is 2.83. The fraction of sp³-hybridized carbons (Fsp3) is 0.100. The lowest BCUT2D eigenvalue weighted by molar-refractivity contribution is 0.598. The van der Waals surface area contributed by atoms with E-state index in [-0.39, 0.29) is 22.1 Å². The van der Waals surface area contributed by atoms with Crippen LogP contribution in [-0.2, 0) is 9.05 Å². The van der Waals surface area contributed by atoms with Gasteiger partial charge in [-0.3, -0.25) is 0 Å². The van der Waals surface area contributed by atoms with Gasteiger partial charge in [-0.2, -0.15) is 10.4 Å². The first kappa shape index (κ1) is 12.5. The second-order valence-electron chi connectivity index (χ2n) is 3.41. The molecule has 18 heavy (non-hydrogen) atoms. The predicted molar refractivity (Wildman–Crippen MR) is 63.8 cm³/mol. The molecule has 2 heterocycles. The number of nitriles is 1. The molecule has 92 valence electrons. The quantitative estimate of drug-likeness (QED) is 0.776. The minimum atomic E-state index is -4.09. The molecule has 0 radical (unpaired) electrons. The van der Waals surface area contributed by atoms with Gasteiger partial charge >= 0.3 is 0 Å². The summed E-state index contributed by atoms with van der Waals surface area (Å²) >= 11 is 0. The average molecular weight is 283 g/mol. The van der Waals surface area contributed by atoms with E-state index in [0.29, 0.717) is 0 Å². The Bertz CT molecular complexity index is 731. The third-order valence-corrected chi connectivity index (χ3v) is 3.50. The van der Waals surface area contributed by atoms with Gasteiger partial charge in [-0.05, 0) is 19.1 Å². The van der Waals surface area contributed by atoms with Crippen molar-refractivity contribution in [2.75, 3.05) is 0 Å². The van der Waals surface area contributed by atoms with Gasteiger partial charge in [0.2, 0.25) is 0 Å². The van der Waals surface area contributed by atoms with Gasteiger partial charge in [0, 0.05) is 16.9 Å². The molecule has 0 atom stereocenters. The molecule has 0 N–H and O–H groups in total. The minimum Gasteiger partial charge on any atom is -0.237 e. The monoisotopic (exact) mass is 282 g/mol. The van der Waals surface area contributed by atoms with Crippen molar-refractivity contribution in [3.8, 4) is 11.9 Å². The maximum atomic E-state index is 11.5. The highest BCUT2D eigenvalue weighted by atomic mass is 35.7. The fourth-order valence-electron chi connectivity index (χ4n) is 1.49. The number of rotatable bonds is 2. The van der Waals surface area contributed by atoms with E-state index >= 15 is 0 Å². The highest BCUT2D eigenvalue weighted by molar-refractivity contribution is 8.13. The van der Waals surface area contributed by atoms with Gasteiger partial charge in [-0.15, -0.1) is 0 Å². The minimum absolute atomic E-state index is 0.0735. The summed E-state index contributed by atoms with van der Waals surface area (Å²) in [5.74, 6) is 0.279. The number of halogens is 1. The Morgan fingerprint density at radius 1 is 1.44 bits per heavy atom. The highest BCUT2D eigenvalue weighted by Crippen LogP contribution is 2.24. The smallest absolute Gasteiger partial charge is 0.237 e. The molecule has 0 amide bonds. The van der Waals surface area contributed by atoms with Crippen LogP contribution in [0.25, 0.3) is 5.82 Å². The first-order valence-electron chi connectivity index (χ1n) is 4.81. The molecule has 8 heteroatoms. The number of pyridine rings is 1. The van der Waals surface area contributed by atoms with Crippen LogP contribution in [-0.4, -0.2) is 23.2 Å². The van der Waals surface area contributed by atoms with Crippen molar-refractivity contribution in [1.29, 1.82) is 5.26 Å². The van der Waals surface area contributed by atoms with Gasteiger partial charge in [-0.25, -0.2) is 18.1 Å². The fourth-order valence-corrected chi connectivity index (χ4v) is 2.70. The summed E-state index contributed by atoms with van der Waals surface area (Å²) in [6.45, 7) is 1.53. The van der Waals surface area contributed by atoms with Gasteiger partial charge in [-0.1, -0.05) is 6.07 Å². The number of nitrogens with zero attached hydrogens (tertiary/aromatic N) is 4. The summed E-state index contributed by atoms with van der Waals surface area (Å²) in [6.07, 6.45) is 1.49. The SMILES string of the molecule is Cc1nn(-c2ccccn2)c(S(=O)(=O)Cl)c1C#N. The Hall–Kier alpha value is -1.91. The molecule has 0 unspecified atom stereocenters. The van der Waals surface area contributed by atoms with E-state index in [0.717, 1.165) is 4.68 Å². The Morgan fingerprint density at radius 3 is 2.67 bits per heavy atom. The van der Waals surface area contributed by atoms with Crippen molar-refractivity contribution < 1.29 is 8.42 Å². The van der Waals surface area contributed by atoms with Crippen LogP contribution in [0.4, 0.5) is 0 Å².